The number of hydrogen-bond acceptors (Lipinski definition) is 5. The van der Waals surface area contributed by atoms with Gasteiger partial charge in [-0.05, 0) is 12.6 Å². The van der Waals surface area contributed by atoms with Gasteiger partial charge < -0.3 is 9.26 Å². The maximum Gasteiger partial charge on any atom is 0.213 e. The van der Waals surface area contributed by atoms with Crippen LogP contribution in [0.1, 0.15) is 11.4 Å². The van der Waals surface area contributed by atoms with Crippen LogP contribution < -0.4 is 0 Å². The Morgan fingerprint density at radius 1 is 1.28 bits per heavy atom. The highest BCUT2D eigenvalue weighted by Gasteiger charge is 2.03. The van der Waals surface area contributed by atoms with Crippen molar-refractivity contribution in [1.82, 2.24) is 15.0 Å². The molecule has 0 radical (unpaired) electrons. The van der Waals surface area contributed by atoms with Crippen molar-refractivity contribution in [2.45, 2.75) is 13.2 Å². The maximum absolute atomic E-state index is 5.60. The third kappa shape index (κ3) is 4.27. The van der Waals surface area contributed by atoms with Gasteiger partial charge in [0.05, 0.1) is 19.8 Å². The minimum absolute atomic E-state index is 0.650. The number of nitrogens with zero attached hydrogens (tertiary/aromatic N) is 3. The van der Waals surface area contributed by atoms with Crippen LogP contribution >= 0.6 is 0 Å². The zero-order valence-corrected chi connectivity index (χ0v) is 10.5. The van der Waals surface area contributed by atoms with E-state index in [1.807, 2.05) is 25.2 Å². The molecule has 1 heterocycles. The molecule has 1 aromatic carbocycles. The zero-order chi connectivity index (χ0) is 12.6. The molecule has 0 bridgehead atoms. The van der Waals surface area contributed by atoms with Crippen LogP contribution in [-0.2, 0) is 17.9 Å². The van der Waals surface area contributed by atoms with Crippen LogP contribution in [0.15, 0.2) is 41.2 Å². The minimum atomic E-state index is 0.650. The minimum Gasteiger partial charge on any atom is -0.375 e. The molecule has 0 unspecified atom stereocenters. The maximum atomic E-state index is 5.60. The molecule has 0 amide bonds. The van der Waals surface area contributed by atoms with Crippen LogP contribution in [0.2, 0.25) is 0 Å². The predicted octanol–water partition coefficient (Wildman–Crippen LogP) is 1.72. The largest absolute Gasteiger partial charge is 0.375 e. The van der Waals surface area contributed by atoms with Crippen LogP contribution in [0.4, 0.5) is 0 Å². The summed E-state index contributed by atoms with van der Waals surface area (Å²) in [4.78, 5) is 6.06. The monoisotopic (exact) mass is 247 g/mol. The van der Waals surface area contributed by atoms with Crippen molar-refractivity contribution in [2.75, 3.05) is 20.2 Å². The first kappa shape index (κ1) is 12.7. The number of benzene rings is 1. The van der Waals surface area contributed by atoms with Gasteiger partial charge in [0.25, 0.3) is 0 Å². The normalized spacial score (nSPS) is 11.0. The fourth-order valence-electron chi connectivity index (χ4n) is 1.57. The molecule has 0 N–H and O–H groups in total. The van der Waals surface area contributed by atoms with Crippen LogP contribution in [0, 0.1) is 0 Å². The van der Waals surface area contributed by atoms with Gasteiger partial charge >= 0.3 is 0 Å². The molecule has 0 atom stereocenters. The SMILES string of the molecule is CN(CCOCc1ccccc1)Cc1ncon1. The van der Waals surface area contributed by atoms with E-state index in [4.69, 9.17) is 4.74 Å². The number of aromatic nitrogens is 2. The number of hydrogen-bond donors (Lipinski definition) is 0. The Labute approximate surface area is 106 Å². The highest BCUT2D eigenvalue weighted by atomic mass is 16.5. The van der Waals surface area contributed by atoms with Gasteiger partial charge in [-0.3, -0.25) is 4.90 Å². The number of ether oxygens (including phenoxy) is 1. The Kier molecular flexibility index (Phi) is 4.87. The summed E-state index contributed by atoms with van der Waals surface area (Å²) in [6.07, 6.45) is 1.34. The lowest BCUT2D eigenvalue weighted by molar-refractivity contribution is 0.0972. The fraction of sp³-hybridized carbons (Fsp3) is 0.385. The van der Waals surface area contributed by atoms with Gasteiger partial charge in [-0.15, -0.1) is 0 Å². The summed E-state index contributed by atoms with van der Waals surface area (Å²) in [7, 11) is 2.00. The Hall–Kier alpha value is -1.72. The summed E-state index contributed by atoms with van der Waals surface area (Å²) in [5.74, 6) is 0.695. The third-order valence-corrected chi connectivity index (χ3v) is 2.55. The second-order valence-corrected chi connectivity index (χ2v) is 4.12. The van der Waals surface area contributed by atoms with E-state index >= 15 is 0 Å². The van der Waals surface area contributed by atoms with Gasteiger partial charge in [-0.25, -0.2) is 0 Å². The van der Waals surface area contributed by atoms with Gasteiger partial charge in [0.2, 0.25) is 6.39 Å². The van der Waals surface area contributed by atoms with Crippen molar-refractivity contribution in [3.8, 4) is 0 Å². The first-order valence-electron chi connectivity index (χ1n) is 5.90. The predicted molar refractivity (Wildman–Crippen MR) is 66.7 cm³/mol. The lowest BCUT2D eigenvalue weighted by Gasteiger charge is -2.14. The van der Waals surface area contributed by atoms with E-state index in [0.717, 1.165) is 6.54 Å². The van der Waals surface area contributed by atoms with E-state index in [1.54, 1.807) is 0 Å². The van der Waals surface area contributed by atoms with Gasteiger partial charge in [0.15, 0.2) is 5.82 Å². The molecule has 0 aliphatic rings. The molecule has 5 heteroatoms. The fourth-order valence-corrected chi connectivity index (χ4v) is 1.57. The lowest BCUT2D eigenvalue weighted by atomic mass is 10.2. The molecule has 0 aliphatic carbocycles. The second-order valence-electron chi connectivity index (χ2n) is 4.12. The van der Waals surface area contributed by atoms with Crippen molar-refractivity contribution in [2.24, 2.45) is 0 Å². The molecule has 18 heavy (non-hydrogen) atoms. The van der Waals surface area contributed by atoms with Crippen molar-refractivity contribution < 1.29 is 9.26 Å². The summed E-state index contributed by atoms with van der Waals surface area (Å²) < 4.78 is 10.3. The zero-order valence-electron chi connectivity index (χ0n) is 10.5. The van der Waals surface area contributed by atoms with Gasteiger partial charge in [-0.1, -0.05) is 35.5 Å². The third-order valence-electron chi connectivity index (χ3n) is 2.55. The van der Waals surface area contributed by atoms with Crippen molar-refractivity contribution in [1.29, 1.82) is 0 Å². The first-order chi connectivity index (χ1) is 8.84. The van der Waals surface area contributed by atoms with Gasteiger partial charge in [-0.2, -0.15) is 4.98 Å². The van der Waals surface area contributed by atoms with Crippen LogP contribution in [0.3, 0.4) is 0 Å². The van der Waals surface area contributed by atoms with Crippen LogP contribution in [-0.4, -0.2) is 35.2 Å². The van der Waals surface area contributed by atoms with Crippen molar-refractivity contribution in [3.05, 3.63) is 48.1 Å². The van der Waals surface area contributed by atoms with Crippen LogP contribution in [0.25, 0.3) is 0 Å². The highest BCUT2D eigenvalue weighted by molar-refractivity contribution is 5.13. The molecule has 0 saturated heterocycles. The van der Waals surface area contributed by atoms with E-state index in [9.17, 15) is 0 Å². The molecule has 0 spiro atoms. The molecule has 5 nitrogen and oxygen atoms in total. The number of rotatable bonds is 7. The quantitative estimate of drug-likeness (QED) is 0.697. The van der Waals surface area contributed by atoms with Gasteiger partial charge in [0, 0.05) is 6.54 Å². The standard InChI is InChI=1S/C13H17N3O2/c1-16(9-13-14-11-18-15-13)7-8-17-10-12-5-3-2-4-6-12/h2-6,11H,7-10H2,1H3. The summed E-state index contributed by atoms with van der Waals surface area (Å²) >= 11 is 0. The summed E-state index contributed by atoms with van der Waals surface area (Å²) in [6.45, 7) is 2.84. The molecule has 2 aromatic rings. The molecule has 1 aromatic heterocycles. The topological polar surface area (TPSA) is 51.4 Å². The Morgan fingerprint density at radius 2 is 2.11 bits per heavy atom. The average Bonchev–Trinajstić information content (AvgIpc) is 2.89. The van der Waals surface area contributed by atoms with Crippen molar-refractivity contribution in [3.63, 3.8) is 0 Å². The van der Waals surface area contributed by atoms with E-state index in [-0.39, 0.29) is 0 Å². The van der Waals surface area contributed by atoms with E-state index < -0.39 is 0 Å². The average molecular weight is 247 g/mol. The van der Waals surface area contributed by atoms with Gasteiger partial charge in [0.1, 0.15) is 0 Å². The Balaban J connectivity index is 1.60. The molecular weight excluding hydrogens is 230 g/mol. The molecule has 0 aliphatic heterocycles. The second kappa shape index (κ2) is 6.88. The van der Waals surface area contributed by atoms with E-state index in [1.165, 1.54) is 12.0 Å². The number of likely N-dealkylation sites (N-methyl/N-ethyl adjacent to an activating group) is 1. The molecule has 2 rings (SSSR count). The summed E-state index contributed by atoms with van der Waals surface area (Å²) in [6, 6.07) is 10.1. The first-order valence-corrected chi connectivity index (χ1v) is 5.90. The summed E-state index contributed by atoms with van der Waals surface area (Å²) in [5.41, 5.74) is 1.19. The lowest BCUT2D eigenvalue weighted by Crippen LogP contribution is -2.23. The molecule has 96 valence electrons. The Morgan fingerprint density at radius 3 is 2.83 bits per heavy atom. The van der Waals surface area contributed by atoms with E-state index in [2.05, 4.69) is 31.7 Å². The highest BCUT2D eigenvalue weighted by Crippen LogP contribution is 2.01. The molecule has 0 saturated carbocycles. The molecular formula is C13H17N3O2. The molecule has 0 fully saturated rings. The van der Waals surface area contributed by atoms with Crippen molar-refractivity contribution >= 4 is 0 Å². The Bertz CT molecular complexity index is 431. The van der Waals surface area contributed by atoms with E-state index in [0.29, 0.717) is 25.6 Å². The smallest absolute Gasteiger partial charge is 0.213 e. The van der Waals surface area contributed by atoms with Crippen LogP contribution in [0.5, 0.6) is 0 Å². The summed E-state index contributed by atoms with van der Waals surface area (Å²) in [5, 5.41) is 3.76.